The molecule has 0 fully saturated rings. The zero-order valence-electron chi connectivity index (χ0n) is 21.4. The number of dihydropyridines is 1. The number of ketones is 1. The van der Waals surface area contributed by atoms with E-state index in [1.165, 1.54) is 0 Å². The quantitative estimate of drug-likeness (QED) is 0.475. The van der Waals surface area contributed by atoms with Crippen LogP contribution in [0.15, 0.2) is 63.4 Å². The number of nitrogens with one attached hydrogen (secondary N) is 2. The molecule has 4 rings (SSSR count). The number of carbonyl (C=O) groups excluding carboxylic acids is 2. The van der Waals surface area contributed by atoms with Crippen molar-refractivity contribution in [2.45, 2.75) is 39.5 Å². The van der Waals surface area contributed by atoms with E-state index in [0.29, 0.717) is 57.1 Å². The summed E-state index contributed by atoms with van der Waals surface area (Å²) in [5.74, 6) is 0.715. The van der Waals surface area contributed by atoms with Gasteiger partial charge in [-0.1, -0.05) is 41.9 Å². The minimum atomic E-state index is -0.603. The van der Waals surface area contributed by atoms with E-state index in [4.69, 9.17) is 14.2 Å². The molecule has 1 aliphatic carbocycles. The molecule has 2 aromatic carbocycles. The number of carbonyl (C=O) groups is 2. The lowest BCUT2D eigenvalue weighted by Crippen LogP contribution is -2.39. The number of hydrogen-bond donors (Lipinski definition) is 2. The monoisotopic (exact) mass is 554 g/mol. The van der Waals surface area contributed by atoms with Crippen LogP contribution in [-0.2, 0) is 9.59 Å². The van der Waals surface area contributed by atoms with E-state index in [9.17, 15) is 9.59 Å². The second kappa shape index (κ2) is 10.0. The number of ether oxygens (including phenoxy) is 3. The van der Waals surface area contributed by atoms with Gasteiger partial charge in [0, 0.05) is 39.4 Å². The first-order valence-electron chi connectivity index (χ1n) is 11.7. The average molecular weight is 555 g/mol. The number of para-hydroxylation sites is 2. The Kier molecular flexibility index (Phi) is 7.18. The van der Waals surface area contributed by atoms with Crippen molar-refractivity contribution in [1.29, 1.82) is 0 Å². The van der Waals surface area contributed by atoms with Crippen molar-refractivity contribution < 1.29 is 23.8 Å². The van der Waals surface area contributed by atoms with Crippen LogP contribution in [-0.4, -0.2) is 33.0 Å². The van der Waals surface area contributed by atoms with Crippen LogP contribution in [0.4, 0.5) is 5.69 Å². The van der Waals surface area contributed by atoms with Crippen molar-refractivity contribution in [1.82, 2.24) is 5.32 Å². The highest BCUT2D eigenvalue weighted by Crippen LogP contribution is 2.49. The van der Waals surface area contributed by atoms with Gasteiger partial charge in [-0.3, -0.25) is 9.59 Å². The van der Waals surface area contributed by atoms with E-state index in [2.05, 4.69) is 40.4 Å². The first-order valence-corrected chi connectivity index (χ1v) is 12.5. The summed E-state index contributed by atoms with van der Waals surface area (Å²) in [4.78, 5) is 27.5. The molecule has 1 heterocycles. The molecular formula is C28H31BrN2O5. The van der Waals surface area contributed by atoms with Crippen LogP contribution < -0.4 is 24.8 Å². The van der Waals surface area contributed by atoms with Gasteiger partial charge in [-0.2, -0.15) is 0 Å². The standard InChI is InChI=1S/C28H31BrN2O5/c1-15-24(27(33)31-18-9-7-8-10-21(18)34-4)25(16-11-22(35-5)23(36-6)12-17(16)29)26-19(30-15)13-28(2,3)14-20(26)32/h7-12,25,30H,13-14H2,1-6H3,(H,31,33). The molecule has 2 aliphatic rings. The molecule has 36 heavy (non-hydrogen) atoms. The number of hydrogen-bond acceptors (Lipinski definition) is 6. The third-order valence-corrected chi connectivity index (χ3v) is 7.34. The van der Waals surface area contributed by atoms with Crippen molar-refractivity contribution >= 4 is 33.3 Å². The maximum atomic E-state index is 13.9. The van der Waals surface area contributed by atoms with Gasteiger partial charge >= 0.3 is 0 Å². The predicted molar refractivity (Wildman–Crippen MR) is 142 cm³/mol. The molecule has 2 N–H and O–H groups in total. The highest BCUT2D eigenvalue weighted by molar-refractivity contribution is 9.10. The van der Waals surface area contributed by atoms with E-state index in [0.717, 1.165) is 11.3 Å². The van der Waals surface area contributed by atoms with Gasteiger partial charge in [-0.05, 0) is 48.6 Å². The van der Waals surface area contributed by atoms with Crippen LogP contribution in [0.5, 0.6) is 17.2 Å². The number of methoxy groups -OCH3 is 3. The second-order valence-corrected chi connectivity index (χ2v) is 10.7. The summed E-state index contributed by atoms with van der Waals surface area (Å²) in [6.07, 6.45) is 1.10. The summed E-state index contributed by atoms with van der Waals surface area (Å²) < 4.78 is 17.2. The Bertz CT molecular complexity index is 1290. The SMILES string of the molecule is COc1ccccc1NC(=O)C1=C(C)NC2=C(C(=O)CC(C)(C)C2)C1c1cc(OC)c(OC)cc1Br. The molecule has 0 saturated heterocycles. The molecule has 1 unspecified atom stereocenters. The van der Waals surface area contributed by atoms with Gasteiger partial charge in [0.15, 0.2) is 17.3 Å². The Hall–Kier alpha value is -3.26. The maximum absolute atomic E-state index is 13.9. The lowest BCUT2D eigenvalue weighted by Gasteiger charge is -2.40. The van der Waals surface area contributed by atoms with Crippen molar-refractivity contribution in [2.24, 2.45) is 5.41 Å². The fourth-order valence-electron chi connectivity index (χ4n) is 5.08. The van der Waals surface area contributed by atoms with Gasteiger partial charge in [-0.15, -0.1) is 0 Å². The number of amides is 1. The van der Waals surface area contributed by atoms with Gasteiger partial charge in [0.05, 0.1) is 27.0 Å². The lowest BCUT2D eigenvalue weighted by molar-refractivity contribution is -0.118. The molecule has 1 aliphatic heterocycles. The summed E-state index contributed by atoms with van der Waals surface area (Å²) >= 11 is 3.67. The van der Waals surface area contributed by atoms with E-state index < -0.39 is 5.92 Å². The third-order valence-electron chi connectivity index (χ3n) is 6.65. The van der Waals surface area contributed by atoms with Crippen molar-refractivity contribution in [3.8, 4) is 17.2 Å². The molecule has 190 valence electrons. The van der Waals surface area contributed by atoms with Gasteiger partial charge in [0.1, 0.15) is 5.75 Å². The average Bonchev–Trinajstić information content (AvgIpc) is 2.82. The molecule has 0 bridgehead atoms. The zero-order chi connectivity index (χ0) is 26.2. The Labute approximate surface area is 220 Å². The molecule has 2 aromatic rings. The maximum Gasteiger partial charge on any atom is 0.254 e. The first kappa shape index (κ1) is 25.8. The Morgan fingerprint density at radius 3 is 2.33 bits per heavy atom. The first-order chi connectivity index (χ1) is 17.1. The molecule has 8 heteroatoms. The zero-order valence-corrected chi connectivity index (χ0v) is 23.0. The molecule has 0 spiro atoms. The number of benzene rings is 2. The van der Waals surface area contributed by atoms with Gasteiger partial charge < -0.3 is 24.8 Å². The largest absolute Gasteiger partial charge is 0.495 e. The van der Waals surface area contributed by atoms with E-state index in [-0.39, 0.29) is 17.1 Å². The fourth-order valence-corrected chi connectivity index (χ4v) is 5.63. The van der Waals surface area contributed by atoms with E-state index in [1.54, 1.807) is 39.5 Å². The van der Waals surface area contributed by atoms with Crippen LogP contribution in [0.25, 0.3) is 0 Å². The summed E-state index contributed by atoms with van der Waals surface area (Å²) in [5, 5.41) is 6.39. The number of rotatable bonds is 6. The topological polar surface area (TPSA) is 85.9 Å². The third kappa shape index (κ3) is 4.74. The number of halogens is 1. The minimum Gasteiger partial charge on any atom is -0.495 e. The van der Waals surface area contributed by atoms with Gasteiger partial charge in [0.2, 0.25) is 0 Å². The van der Waals surface area contributed by atoms with Crippen LogP contribution in [0.2, 0.25) is 0 Å². The fraction of sp³-hybridized carbons (Fsp3) is 0.357. The highest BCUT2D eigenvalue weighted by atomic mass is 79.9. The van der Waals surface area contributed by atoms with Crippen molar-refractivity contribution in [3.63, 3.8) is 0 Å². The Morgan fingerprint density at radius 1 is 1.03 bits per heavy atom. The molecule has 0 radical (unpaired) electrons. The molecule has 1 amide bonds. The van der Waals surface area contributed by atoms with Crippen molar-refractivity contribution in [3.05, 3.63) is 69.0 Å². The predicted octanol–water partition coefficient (Wildman–Crippen LogP) is 5.72. The Morgan fingerprint density at radius 2 is 1.67 bits per heavy atom. The number of anilines is 1. The summed E-state index contributed by atoms with van der Waals surface area (Å²) in [7, 11) is 4.69. The summed E-state index contributed by atoms with van der Waals surface area (Å²) in [6.45, 7) is 6.04. The van der Waals surface area contributed by atoms with Gasteiger partial charge in [-0.25, -0.2) is 0 Å². The highest BCUT2D eigenvalue weighted by Gasteiger charge is 2.43. The van der Waals surface area contributed by atoms with Crippen LogP contribution in [0.3, 0.4) is 0 Å². The number of Topliss-reactive ketones (excluding diaryl/α,β-unsaturated/α-hetero) is 1. The number of allylic oxidation sites excluding steroid dienone is 3. The normalized spacial score (nSPS) is 18.9. The van der Waals surface area contributed by atoms with Crippen LogP contribution in [0, 0.1) is 5.41 Å². The molecule has 0 saturated carbocycles. The summed E-state index contributed by atoms with van der Waals surface area (Å²) in [5.41, 5.74) is 3.73. The second-order valence-electron chi connectivity index (χ2n) is 9.81. The molecular weight excluding hydrogens is 524 g/mol. The van der Waals surface area contributed by atoms with E-state index in [1.807, 2.05) is 25.1 Å². The Balaban J connectivity index is 1.89. The molecule has 7 nitrogen and oxygen atoms in total. The van der Waals surface area contributed by atoms with Gasteiger partial charge in [0.25, 0.3) is 5.91 Å². The van der Waals surface area contributed by atoms with Crippen LogP contribution >= 0.6 is 15.9 Å². The minimum absolute atomic E-state index is 0.0236. The van der Waals surface area contributed by atoms with Crippen molar-refractivity contribution in [2.75, 3.05) is 26.6 Å². The molecule has 0 aromatic heterocycles. The smallest absolute Gasteiger partial charge is 0.254 e. The molecule has 1 atom stereocenters. The summed E-state index contributed by atoms with van der Waals surface area (Å²) in [6, 6.07) is 10.9. The lowest BCUT2D eigenvalue weighted by atomic mass is 9.68. The van der Waals surface area contributed by atoms with E-state index >= 15 is 0 Å². The van der Waals surface area contributed by atoms with Crippen LogP contribution in [0.1, 0.15) is 45.1 Å².